The van der Waals surface area contributed by atoms with Gasteiger partial charge in [-0.05, 0) is 44.2 Å². The fourth-order valence-electron chi connectivity index (χ4n) is 2.55. The molecular formula is C14H20FNO. The summed E-state index contributed by atoms with van der Waals surface area (Å²) in [5.41, 5.74) is 0.736. The maximum atomic E-state index is 13.5. The zero-order valence-corrected chi connectivity index (χ0v) is 10.2. The molecule has 2 nitrogen and oxygen atoms in total. The van der Waals surface area contributed by atoms with E-state index in [1.807, 2.05) is 19.1 Å². The van der Waals surface area contributed by atoms with Crippen LogP contribution in [0.2, 0.25) is 0 Å². The molecule has 0 aliphatic heterocycles. The molecule has 0 spiro atoms. The zero-order chi connectivity index (χ0) is 12.3. The van der Waals surface area contributed by atoms with Gasteiger partial charge in [-0.1, -0.05) is 18.2 Å². The van der Waals surface area contributed by atoms with Crippen LogP contribution in [0.15, 0.2) is 24.3 Å². The van der Waals surface area contributed by atoms with E-state index in [1.165, 1.54) is 6.07 Å². The second-order valence-electron chi connectivity index (χ2n) is 4.97. The number of halogens is 1. The minimum absolute atomic E-state index is 0.145. The Morgan fingerprint density at radius 1 is 1.41 bits per heavy atom. The number of rotatable bonds is 4. The van der Waals surface area contributed by atoms with Gasteiger partial charge in [-0.2, -0.15) is 0 Å². The highest BCUT2D eigenvalue weighted by Crippen LogP contribution is 2.20. The minimum atomic E-state index is -0.238. The Bertz CT molecular complexity index is 369. The van der Waals surface area contributed by atoms with E-state index in [-0.39, 0.29) is 24.0 Å². The predicted molar refractivity (Wildman–Crippen MR) is 66.3 cm³/mol. The lowest BCUT2D eigenvalue weighted by Gasteiger charge is -2.22. The van der Waals surface area contributed by atoms with Crippen molar-refractivity contribution in [2.75, 3.05) is 0 Å². The van der Waals surface area contributed by atoms with E-state index >= 15 is 0 Å². The first-order chi connectivity index (χ1) is 8.16. The highest BCUT2D eigenvalue weighted by Gasteiger charge is 2.26. The molecule has 3 unspecified atom stereocenters. The van der Waals surface area contributed by atoms with Gasteiger partial charge in [-0.25, -0.2) is 4.39 Å². The molecule has 1 aliphatic rings. The first-order valence-electron chi connectivity index (χ1n) is 6.34. The van der Waals surface area contributed by atoms with E-state index in [2.05, 4.69) is 5.32 Å². The summed E-state index contributed by atoms with van der Waals surface area (Å²) in [6.45, 7) is 2.04. The lowest BCUT2D eigenvalue weighted by atomic mass is 10.1. The van der Waals surface area contributed by atoms with Crippen LogP contribution < -0.4 is 5.32 Å². The normalized spacial score (nSPS) is 26.1. The van der Waals surface area contributed by atoms with Crippen LogP contribution in [0.5, 0.6) is 0 Å². The quantitative estimate of drug-likeness (QED) is 0.842. The van der Waals surface area contributed by atoms with Crippen molar-refractivity contribution < 1.29 is 9.50 Å². The summed E-state index contributed by atoms with van der Waals surface area (Å²) in [5.74, 6) is -0.145. The third kappa shape index (κ3) is 3.27. The molecule has 0 heterocycles. The maximum Gasteiger partial charge on any atom is 0.126 e. The van der Waals surface area contributed by atoms with E-state index in [1.54, 1.807) is 6.07 Å². The molecule has 0 bridgehead atoms. The van der Waals surface area contributed by atoms with Crippen LogP contribution in [0.4, 0.5) is 4.39 Å². The Labute approximate surface area is 102 Å². The first-order valence-corrected chi connectivity index (χ1v) is 6.34. The van der Waals surface area contributed by atoms with Crippen LogP contribution in [0.1, 0.15) is 31.7 Å². The fourth-order valence-corrected chi connectivity index (χ4v) is 2.55. The maximum absolute atomic E-state index is 13.5. The highest BCUT2D eigenvalue weighted by atomic mass is 19.1. The number of aliphatic hydroxyl groups is 1. The average molecular weight is 237 g/mol. The van der Waals surface area contributed by atoms with Gasteiger partial charge < -0.3 is 10.4 Å². The third-order valence-corrected chi connectivity index (χ3v) is 3.46. The van der Waals surface area contributed by atoms with E-state index in [0.29, 0.717) is 6.42 Å². The average Bonchev–Trinajstić information content (AvgIpc) is 2.68. The number of nitrogens with one attached hydrogen (secondary N) is 1. The molecule has 94 valence electrons. The minimum Gasteiger partial charge on any atom is -0.392 e. The van der Waals surface area contributed by atoms with Gasteiger partial charge in [-0.3, -0.25) is 0 Å². The molecule has 1 fully saturated rings. The number of aliphatic hydroxyl groups excluding tert-OH is 1. The zero-order valence-electron chi connectivity index (χ0n) is 10.2. The second-order valence-corrected chi connectivity index (χ2v) is 4.97. The molecule has 1 saturated carbocycles. The van der Waals surface area contributed by atoms with Gasteiger partial charge in [0.15, 0.2) is 0 Å². The van der Waals surface area contributed by atoms with Crippen molar-refractivity contribution in [2.24, 2.45) is 0 Å². The third-order valence-electron chi connectivity index (χ3n) is 3.46. The Balaban J connectivity index is 1.89. The first kappa shape index (κ1) is 12.5. The summed E-state index contributed by atoms with van der Waals surface area (Å²) < 4.78 is 13.5. The molecule has 0 saturated heterocycles. The molecule has 0 radical (unpaired) electrons. The Hall–Kier alpha value is -0.930. The molecule has 1 aromatic rings. The van der Waals surface area contributed by atoms with Crippen molar-refractivity contribution in [2.45, 2.75) is 50.8 Å². The molecule has 0 amide bonds. The summed E-state index contributed by atoms with van der Waals surface area (Å²) in [5, 5.41) is 13.1. The monoisotopic (exact) mass is 237 g/mol. The largest absolute Gasteiger partial charge is 0.392 e. The summed E-state index contributed by atoms with van der Waals surface area (Å²) >= 11 is 0. The van der Waals surface area contributed by atoms with Crippen LogP contribution in [0, 0.1) is 5.82 Å². The van der Waals surface area contributed by atoms with Gasteiger partial charge >= 0.3 is 0 Å². The van der Waals surface area contributed by atoms with E-state index in [0.717, 1.165) is 24.8 Å². The van der Waals surface area contributed by atoms with E-state index < -0.39 is 0 Å². The molecule has 3 atom stereocenters. The number of benzene rings is 1. The number of hydrogen-bond acceptors (Lipinski definition) is 2. The Morgan fingerprint density at radius 2 is 2.18 bits per heavy atom. The van der Waals surface area contributed by atoms with Gasteiger partial charge in [0, 0.05) is 12.1 Å². The molecule has 0 aromatic heterocycles. The van der Waals surface area contributed by atoms with Crippen molar-refractivity contribution in [3.63, 3.8) is 0 Å². The van der Waals surface area contributed by atoms with Gasteiger partial charge in [-0.15, -0.1) is 0 Å². The number of hydrogen-bond donors (Lipinski definition) is 2. The molecule has 2 rings (SSSR count). The van der Waals surface area contributed by atoms with Gasteiger partial charge in [0.25, 0.3) is 0 Å². The summed E-state index contributed by atoms with van der Waals surface area (Å²) in [7, 11) is 0. The lowest BCUT2D eigenvalue weighted by molar-refractivity contribution is 0.144. The smallest absolute Gasteiger partial charge is 0.126 e. The SMILES string of the molecule is CC(Cc1ccccc1F)NC1CCCC1O. The van der Waals surface area contributed by atoms with Crippen LogP contribution in [-0.2, 0) is 6.42 Å². The van der Waals surface area contributed by atoms with Crippen molar-refractivity contribution >= 4 is 0 Å². The van der Waals surface area contributed by atoms with Gasteiger partial charge in [0.05, 0.1) is 6.10 Å². The van der Waals surface area contributed by atoms with Gasteiger partial charge in [0.2, 0.25) is 0 Å². The van der Waals surface area contributed by atoms with E-state index in [4.69, 9.17) is 0 Å². The lowest BCUT2D eigenvalue weighted by Crippen LogP contribution is -2.42. The molecule has 1 aliphatic carbocycles. The molecule has 17 heavy (non-hydrogen) atoms. The van der Waals surface area contributed by atoms with Crippen LogP contribution in [-0.4, -0.2) is 23.3 Å². The van der Waals surface area contributed by atoms with Gasteiger partial charge in [0.1, 0.15) is 5.82 Å². The summed E-state index contributed by atoms with van der Waals surface area (Å²) in [6.07, 6.45) is 3.40. The van der Waals surface area contributed by atoms with Crippen molar-refractivity contribution in [3.8, 4) is 0 Å². The second kappa shape index (κ2) is 5.61. The van der Waals surface area contributed by atoms with Crippen LogP contribution in [0.25, 0.3) is 0 Å². The van der Waals surface area contributed by atoms with Crippen LogP contribution >= 0.6 is 0 Å². The van der Waals surface area contributed by atoms with Crippen molar-refractivity contribution in [1.82, 2.24) is 5.32 Å². The predicted octanol–water partition coefficient (Wildman–Crippen LogP) is 2.26. The highest BCUT2D eigenvalue weighted by molar-refractivity contribution is 5.18. The summed E-state index contributed by atoms with van der Waals surface area (Å²) in [6, 6.07) is 7.24. The van der Waals surface area contributed by atoms with E-state index in [9.17, 15) is 9.50 Å². The Morgan fingerprint density at radius 3 is 2.82 bits per heavy atom. The topological polar surface area (TPSA) is 32.3 Å². The molecule has 2 N–H and O–H groups in total. The fraction of sp³-hybridized carbons (Fsp3) is 0.571. The summed E-state index contributed by atoms with van der Waals surface area (Å²) in [4.78, 5) is 0. The molecular weight excluding hydrogens is 217 g/mol. The Kier molecular flexibility index (Phi) is 4.13. The molecule has 1 aromatic carbocycles. The van der Waals surface area contributed by atoms with Crippen molar-refractivity contribution in [1.29, 1.82) is 0 Å². The van der Waals surface area contributed by atoms with Crippen LogP contribution in [0.3, 0.4) is 0 Å². The van der Waals surface area contributed by atoms with Crippen molar-refractivity contribution in [3.05, 3.63) is 35.6 Å². The molecule has 3 heteroatoms. The standard InChI is InChI=1S/C14H20FNO/c1-10(16-13-7-4-8-14(13)17)9-11-5-2-3-6-12(11)15/h2-3,5-6,10,13-14,16-17H,4,7-9H2,1H3.